The van der Waals surface area contributed by atoms with Crippen LogP contribution in [0, 0.1) is 0 Å². The zero-order chi connectivity index (χ0) is 19.5. The number of nitrogens with zero attached hydrogens (tertiary/aromatic N) is 3. The van der Waals surface area contributed by atoms with Gasteiger partial charge in [-0.25, -0.2) is 9.78 Å². The fourth-order valence-corrected chi connectivity index (χ4v) is 2.82. The summed E-state index contributed by atoms with van der Waals surface area (Å²) in [5.41, 5.74) is 1.95. The fraction of sp³-hybridized carbons (Fsp3) is 0.263. The van der Waals surface area contributed by atoms with Gasteiger partial charge in [-0.1, -0.05) is 22.8 Å². The largest absolute Gasteiger partial charge is 0.481 e. The molecule has 3 aromatic rings. The monoisotopic (exact) mass is 399 g/mol. The average molecular weight is 400 g/mol. The minimum atomic E-state index is -0.388. The lowest BCUT2D eigenvalue weighted by Gasteiger charge is -2.11. The fourth-order valence-electron chi connectivity index (χ4n) is 2.64. The quantitative estimate of drug-likeness (QED) is 0.649. The van der Waals surface area contributed by atoms with Crippen LogP contribution >= 0.6 is 11.6 Å². The first kappa shape index (κ1) is 18.2. The first-order valence-electron chi connectivity index (χ1n) is 8.79. The van der Waals surface area contributed by atoms with Crippen LogP contribution in [0.2, 0.25) is 5.02 Å². The van der Waals surface area contributed by atoms with E-state index >= 15 is 0 Å². The second-order valence-corrected chi connectivity index (χ2v) is 6.87. The molecule has 9 heteroatoms. The molecule has 1 saturated carbocycles. The standard InChI is InChI=1S/C19H18ClN5O3/c1-27-16-7-2-11(9-21-16)10-22-19(26)23-15-8-13(20)5-6-14(15)18-24-17(25-28-18)12-3-4-12/h2,5-9,12H,3-4,10H2,1H3,(H2,22,23,26). The Balaban J connectivity index is 1.45. The van der Waals surface area contributed by atoms with Crippen LogP contribution in [0.25, 0.3) is 11.5 Å². The first-order valence-corrected chi connectivity index (χ1v) is 9.17. The number of aromatic nitrogens is 3. The molecule has 0 aliphatic heterocycles. The summed E-state index contributed by atoms with van der Waals surface area (Å²) in [4.78, 5) is 20.9. The molecule has 0 unspecified atom stereocenters. The number of ether oxygens (including phenoxy) is 1. The molecule has 1 fully saturated rings. The minimum Gasteiger partial charge on any atom is -0.481 e. The molecule has 1 aliphatic rings. The molecule has 1 aliphatic carbocycles. The molecular formula is C19H18ClN5O3. The lowest BCUT2D eigenvalue weighted by atomic mass is 10.1. The van der Waals surface area contributed by atoms with Crippen molar-refractivity contribution in [1.82, 2.24) is 20.4 Å². The Labute approximate surface area is 166 Å². The summed E-state index contributed by atoms with van der Waals surface area (Å²) in [5, 5.41) is 10.1. The van der Waals surface area contributed by atoms with E-state index in [9.17, 15) is 4.79 Å². The van der Waals surface area contributed by atoms with E-state index in [1.165, 1.54) is 0 Å². The van der Waals surface area contributed by atoms with Crippen molar-refractivity contribution in [3.05, 3.63) is 52.9 Å². The Kier molecular flexibility index (Phi) is 5.12. The highest BCUT2D eigenvalue weighted by Gasteiger charge is 2.29. The van der Waals surface area contributed by atoms with E-state index in [1.54, 1.807) is 37.6 Å². The van der Waals surface area contributed by atoms with Gasteiger partial charge in [0.1, 0.15) is 0 Å². The Morgan fingerprint density at radius 2 is 2.18 bits per heavy atom. The number of amides is 2. The van der Waals surface area contributed by atoms with Crippen molar-refractivity contribution in [1.29, 1.82) is 0 Å². The Hall–Kier alpha value is -3.13. The lowest BCUT2D eigenvalue weighted by Crippen LogP contribution is -2.28. The average Bonchev–Trinajstić information content (AvgIpc) is 3.44. The highest BCUT2D eigenvalue weighted by Crippen LogP contribution is 2.39. The number of carbonyl (C=O) groups is 1. The Morgan fingerprint density at radius 1 is 1.32 bits per heavy atom. The molecule has 1 aromatic carbocycles. The van der Waals surface area contributed by atoms with Crippen LogP contribution in [0.3, 0.4) is 0 Å². The number of hydrogen-bond donors (Lipinski definition) is 2. The molecule has 144 valence electrons. The minimum absolute atomic E-state index is 0.311. The zero-order valence-electron chi connectivity index (χ0n) is 15.1. The van der Waals surface area contributed by atoms with Crippen LogP contribution in [0.1, 0.15) is 30.1 Å². The molecule has 4 rings (SSSR count). The van der Waals surface area contributed by atoms with Crippen molar-refractivity contribution in [2.45, 2.75) is 25.3 Å². The normalized spacial score (nSPS) is 13.2. The Morgan fingerprint density at radius 3 is 2.89 bits per heavy atom. The number of carbonyl (C=O) groups excluding carboxylic acids is 1. The van der Waals surface area contributed by atoms with E-state index in [2.05, 4.69) is 25.8 Å². The molecule has 0 radical (unpaired) electrons. The highest BCUT2D eigenvalue weighted by atomic mass is 35.5. The lowest BCUT2D eigenvalue weighted by molar-refractivity contribution is 0.251. The maximum atomic E-state index is 12.4. The maximum Gasteiger partial charge on any atom is 0.319 e. The van der Waals surface area contributed by atoms with E-state index in [4.69, 9.17) is 20.9 Å². The number of rotatable bonds is 6. The van der Waals surface area contributed by atoms with E-state index in [1.807, 2.05) is 6.07 Å². The zero-order valence-corrected chi connectivity index (χ0v) is 15.9. The van der Waals surface area contributed by atoms with Gasteiger partial charge in [-0.05, 0) is 36.6 Å². The summed E-state index contributed by atoms with van der Waals surface area (Å²) in [6, 6.07) is 8.28. The predicted molar refractivity (Wildman–Crippen MR) is 103 cm³/mol. The van der Waals surface area contributed by atoms with Gasteiger partial charge in [-0.15, -0.1) is 0 Å². The first-order chi connectivity index (χ1) is 13.6. The molecule has 2 aromatic heterocycles. The molecule has 2 amide bonds. The number of nitrogens with one attached hydrogen (secondary N) is 2. The van der Waals surface area contributed by atoms with E-state index in [-0.39, 0.29) is 6.03 Å². The Bertz CT molecular complexity index is 985. The van der Waals surface area contributed by atoms with E-state index in [0.717, 1.165) is 18.4 Å². The van der Waals surface area contributed by atoms with Crippen LogP contribution < -0.4 is 15.4 Å². The third kappa shape index (κ3) is 4.23. The molecule has 0 saturated heterocycles. The van der Waals surface area contributed by atoms with Crippen molar-refractivity contribution in [3.63, 3.8) is 0 Å². The molecule has 0 spiro atoms. The van der Waals surface area contributed by atoms with Gasteiger partial charge in [0, 0.05) is 29.7 Å². The van der Waals surface area contributed by atoms with Gasteiger partial charge in [0.15, 0.2) is 5.82 Å². The second kappa shape index (κ2) is 7.85. The number of benzene rings is 1. The van der Waals surface area contributed by atoms with Crippen molar-refractivity contribution in [3.8, 4) is 17.3 Å². The summed E-state index contributed by atoms with van der Waals surface area (Å²) < 4.78 is 10.4. The van der Waals surface area contributed by atoms with Gasteiger partial charge in [-0.3, -0.25) is 0 Å². The summed E-state index contributed by atoms with van der Waals surface area (Å²) in [6.45, 7) is 0.311. The third-order valence-corrected chi connectivity index (χ3v) is 4.54. The van der Waals surface area contributed by atoms with Crippen molar-refractivity contribution >= 4 is 23.3 Å². The molecule has 0 atom stereocenters. The second-order valence-electron chi connectivity index (χ2n) is 6.44. The number of halogens is 1. The van der Waals surface area contributed by atoms with Gasteiger partial charge in [0.2, 0.25) is 5.88 Å². The molecule has 2 N–H and O–H groups in total. The topological polar surface area (TPSA) is 102 Å². The van der Waals surface area contributed by atoms with E-state index < -0.39 is 0 Å². The summed E-state index contributed by atoms with van der Waals surface area (Å²) in [7, 11) is 1.55. The molecular weight excluding hydrogens is 382 g/mol. The SMILES string of the molecule is COc1ccc(CNC(=O)Nc2cc(Cl)ccc2-c2nc(C3CC3)no2)cn1. The number of hydrogen-bond acceptors (Lipinski definition) is 6. The third-order valence-electron chi connectivity index (χ3n) is 4.30. The van der Waals surface area contributed by atoms with Crippen LogP contribution in [-0.4, -0.2) is 28.3 Å². The molecule has 28 heavy (non-hydrogen) atoms. The number of pyridine rings is 1. The number of anilines is 1. The number of methoxy groups -OCH3 is 1. The van der Waals surface area contributed by atoms with Crippen LogP contribution in [0.4, 0.5) is 10.5 Å². The van der Waals surface area contributed by atoms with Gasteiger partial charge in [-0.2, -0.15) is 4.98 Å². The van der Waals surface area contributed by atoms with Crippen molar-refractivity contribution in [2.24, 2.45) is 0 Å². The smallest absolute Gasteiger partial charge is 0.319 e. The highest BCUT2D eigenvalue weighted by molar-refractivity contribution is 6.31. The van der Waals surface area contributed by atoms with Crippen LogP contribution in [-0.2, 0) is 6.54 Å². The van der Waals surface area contributed by atoms with Gasteiger partial charge in [0.05, 0.1) is 18.4 Å². The molecule has 0 bridgehead atoms. The van der Waals surface area contributed by atoms with Gasteiger partial charge < -0.3 is 19.9 Å². The van der Waals surface area contributed by atoms with Crippen molar-refractivity contribution in [2.75, 3.05) is 12.4 Å². The summed E-state index contributed by atoms with van der Waals surface area (Å²) >= 11 is 6.10. The van der Waals surface area contributed by atoms with Crippen molar-refractivity contribution < 1.29 is 14.1 Å². The summed E-state index contributed by atoms with van der Waals surface area (Å²) in [6.07, 6.45) is 3.79. The summed E-state index contributed by atoms with van der Waals surface area (Å²) in [5.74, 6) is 1.95. The van der Waals surface area contributed by atoms with Crippen LogP contribution in [0.15, 0.2) is 41.1 Å². The molecule has 8 nitrogen and oxygen atoms in total. The van der Waals surface area contributed by atoms with Crippen LogP contribution in [0.5, 0.6) is 5.88 Å². The van der Waals surface area contributed by atoms with Gasteiger partial charge >= 0.3 is 6.03 Å². The maximum absolute atomic E-state index is 12.4. The predicted octanol–water partition coefficient (Wildman–Crippen LogP) is 3.99. The number of urea groups is 1. The van der Waals surface area contributed by atoms with E-state index in [0.29, 0.717) is 46.3 Å². The molecule has 2 heterocycles. The van der Waals surface area contributed by atoms with Gasteiger partial charge in [0.25, 0.3) is 5.89 Å².